The van der Waals surface area contributed by atoms with Gasteiger partial charge in [0.2, 0.25) is 5.78 Å². The van der Waals surface area contributed by atoms with Gasteiger partial charge in [0.05, 0.1) is 0 Å². The average Bonchev–Trinajstić information content (AvgIpc) is 2.28. The molecule has 0 saturated carbocycles. The highest BCUT2D eigenvalue weighted by molar-refractivity contribution is 5.96. The van der Waals surface area contributed by atoms with Crippen LogP contribution in [0, 0.1) is 11.8 Å². The van der Waals surface area contributed by atoms with Crippen LogP contribution in [0.3, 0.4) is 0 Å². The van der Waals surface area contributed by atoms with Crippen LogP contribution in [0.1, 0.15) is 38.5 Å². The van der Waals surface area contributed by atoms with Crippen molar-refractivity contribution in [2.45, 2.75) is 38.5 Å². The van der Waals surface area contributed by atoms with Crippen molar-refractivity contribution in [2.75, 3.05) is 0 Å². The Balaban J connectivity index is 2.39. The second kappa shape index (κ2) is 6.87. The third kappa shape index (κ3) is 5.05. The molecule has 1 aliphatic carbocycles. The van der Waals surface area contributed by atoms with E-state index < -0.39 is 0 Å². The van der Waals surface area contributed by atoms with Gasteiger partial charge in [0, 0.05) is 6.42 Å². The van der Waals surface area contributed by atoms with Gasteiger partial charge in [0.15, 0.2) is 0 Å². The molecule has 15 heavy (non-hydrogen) atoms. The van der Waals surface area contributed by atoms with Gasteiger partial charge < -0.3 is 0 Å². The highest BCUT2D eigenvalue weighted by atomic mass is 16.1. The van der Waals surface area contributed by atoms with Crippen molar-refractivity contribution in [2.24, 2.45) is 0 Å². The lowest BCUT2D eigenvalue weighted by atomic mass is 10.00. The van der Waals surface area contributed by atoms with Crippen LogP contribution in [0.15, 0.2) is 30.0 Å². The van der Waals surface area contributed by atoms with Gasteiger partial charge in [-0.25, -0.2) is 0 Å². The fourth-order valence-corrected chi connectivity index (χ4v) is 1.47. The molecule has 0 radical (unpaired) electrons. The van der Waals surface area contributed by atoms with E-state index in [9.17, 15) is 4.79 Å². The summed E-state index contributed by atoms with van der Waals surface area (Å²) in [4.78, 5) is 11.3. The molecule has 0 atom stereocenters. The van der Waals surface area contributed by atoms with Gasteiger partial charge in [0.1, 0.15) is 0 Å². The van der Waals surface area contributed by atoms with Crippen molar-refractivity contribution in [3.05, 3.63) is 30.0 Å². The summed E-state index contributed by atoms with van der Waals surface area (Å²) in [5.74, 6) is 5.65. The summed E-state index contributed by atoms with van der Waals surface area (Å²) in [6.07, 6.45) is 9.67. The Morgan fingerprint density at radius 1 is 1.53 bits per heavy atom. The molecular weight excluding hydrogens is 184 g/mol. The smallest absolute Gasteiger partial charge is 0.206 e. The van der Waals surface area contributed by atoms with Gasteiger partial charge in [0.25, 0.3) is 0 Å². The minimum atomic E-state index is 0.00738. The molecule has 0 aromatic heterocycles. The number of carbonyl (C=O) groups excluding carboxylic acids is 1. The molecule has 1 heteroatoms. The van der Waals surface area contributed by atoms with Crippen molar-refractivity contribution < 1.29 is 4.79 Å². The van der Waals surface area contributed by atoms with Gasteiger partial charge in [-0.05, 0) is 49.7 Å². The van der Waals surface area contributed by atoms with Crippen LogP contribution in [0.2, 0.25) is 0 Å². The fourth-order valence-electron chi connectivity index (χ4n) is 1.47. The average molecular weight is 200 g/mol. The lowest BCUT2D eigenvalue weighted by molar-refractivity contribution is -0.113. The summed E-state index contributed by atoms with van der Waals surface area (Å²) in [5, 5.41) is 0. The molecule has 0 aromatic carbocycles. The quantitative estimate of drug-likeness (QED) is 0.388. The normalized spacial score (nSPS) is 14.3. The SMILES string of the molecule is C=C=CCCC(=O)C#CC1=CCCCC1. The third-order valence-electron chi connectivity index (χ3n) is 2.31. The lowest BCUT2D eigenvalue weighted by Gasteiger charge is -2.05. The number of carbonyl (C=O) groups is 1. The van der Waals surface area contributed by atoms with Crippen molar-refractivity contribution in [3.63, 3.8) is 0 Å². The first-order chi connectivity index (χ1) is 7.33. The maximum atomic E-state index is 11.3. The Labute approximate surface area is 91.6 Å². The molecular formula is C14H16O. The topological polar surface area (TPSA) is 17.1 Å². The first-order valence-corrected chi connectivity index (χ1v) is 5.41. The Morgan fingerprint density at radius 3 is 3.07 bits per heavy atom. The molecule has 0 fully saturated rings. The van der Waals surface area contributed by atoms with Crippen molar-refractivity contribution >= 4 is 5.78 Å². The second-order valence-corrected chi connectivity index (χ2v) is 3.60. The number of hydrogen-bond donors (Lipinski definition) is 0. The van der Waals surface area contributed by atoms with E-state index in [1.807, 2.05) is 0 Å². The Morgan fingerprint density at radius 2 is 2.40 bits per heavy atom. The summed E-state index contributed by atoms with van der Waals surface area (Å²) >= 11 is 0. The largest absolute Gasteiger partial charge is 0.285 e. The zero-order valence-electron chi connectivity index (χ0n) is 9.01. The van der Waals surface area contributed by atoms with Crippen LogP contribution in [-0.2, 0) is 4.79 Å². The molecule has 1 rings (SSSR count). The van der Waals surface area contributed by atoms with E-state index in [0.717, 1.165) is 18.4 Å². The molecule has 78 valence electrons. The van der Waals surface area contributed by atoms with Gasteiger partial charge in [-0.15, -0.1) is 5.73 Å². The Hall–Kier alpha value is -1.51. The van der Waals surface area contributed by atoms with E-state index >= 15 is 0 Å². The van der Waals surface area contributed by atoms with E-state index in [4.69, 9.17) is 0 Å². The molecule has 0 saturated heterocycles. The number of allylic oxidation sites excluding steroid dienone is 3. The third-order valence-corrected chi connectivity index (χ3v) is 2.31. The van der Waals surface area contributed by atoms with Crippen molar-refractivity contribution in [1.29, 1.82) is 0 Å². The Bertz CT molecular complexity index is 357. The molecule has 0 unspecified atom stereocenters. The molecule has 0 N–H and O–H groups in total. The minimum Gasteiger partial charge on any atom is -0.285 e. The maximum Gasteiger partial charge on any atom is 0.206 e. The second-order valence-electron chi connectivity index (χ2n) is 3.60. The van der Waals surface area contributed by atoms with Gasteiger partial charge >= 0.3 is 0 Å². The standard InChI is InChI=1S/C14H16O/c1-2-3-5-10-14(15)12-11-13-8-6-4-7-9-13/h3,8H,1,4-7,9-10H2. The monoisotopic (exact) mass is 200 g/mol. The molecule has 0 amide bonds. The van der Waals surface area contributed by atoms with Gasteiger partial charge in [-0.2, -0.15) is 0 Å². The fraction of sp³-hybridized carbons (Fsp3) is 0.429. The predicted molar refractivity (Wildman–Crippen MR) is 62.3 cm³/mol. The van der Waals surface area contributed by atoms with Crippen LogP contribution in [0.4, 0.5) is 0 Å². The van der Waals surface area contributed by atoms with E-state index in [-0.39, 0.29) is 5.78 Å². The summed E-state index contributed by atoms with van der Waals surface area (Å²) in [7, 11) is 0. The number of Topliss-reactive ketones (excluding diaryl/α,β-unsaturated/α-hetero) is 1. The molecule has 0 heterocycles. The molecule has 1 aliphatic rings. The predicted octanol–water partition coefficient (Wildman–Crippen LogP) is 3.18. The van der Waals surface area contributed by atoms with E-state index in [1.165, 1.54) is 12.8 Å². The van der Waals surface area contributed by atoms with Crippen molar-refractivity contribution in [3.8, 4) is 11.8 Å². The van der Waals surface area contributed by atoms with Crippen LogP contribution < -0.4 is 0 Å². The first kappa shape index (κ1) is 11.6. The molecule has 0 bridgehead atoms. The lowest BCUT2D eigenvalue weighted by Crippen LogP contribution is -1.93. The van der Waals surface area contributed by atoms with E-state index in [1.54, 1.807) is 6.08 Å². The summed E-state index contributed by atoms with van der Waals surface area (Å²) in [6, 6.07) is 0. The van der Waals surface area contributed by atoms with Gasteiger partial charge in [-0.3, -0.25) is 4.79 Å². The molecule has 0 spiro atoms. The molecule has 0 aromatic rings. The highest BCUT2D eigenvalue weighted by Crippen LogP contribution is 2.15. The van der Waals surface area contributed by atoms with Crippen LogP contribution in [-0.4, -0.2) is 5.78 Å². The summed E-state index contributed by atoms with van der Waals surface area (Å²) in [6.45, 7) is 3.44. The zero-order valence-corrected chi connectivity index (χ0v) is 9.01. The van der Waals surface area contributed by atoms with E-state index in [2.05, 4.69) is 30.2 Å². The summed E-state index contributed by atoms with van der Waals surface area (Å²) < 4.78 is 0. The number of ketones is 1. The van der Waals surface area contributed by atoms with Crippen LogP contribution >= 0.6 is 0 Å². The molecule has 0 aliphatic heterocycles. The molecule has 1 nitrogen and oxygen atoms in total. The van der Waals surface area contributed by atoms with Crippen LogP contribution in [0.5, 0.6) is 0 Å². The van der Waals surface area contributed by atoms with Crippen LogP contribution in [0.25, 0.3) is 0 Å². The summed E-state index contributed by atoms with van der Waals surface area (Å²) in [5.41, 5.74) is 3.77. The Kier molecular flexibility index (Phi) is 5.30. The highest BCUT2D eigenvalue weighted by Gasteiger charge is 2.00. The number of hydrogen-bond acceptors (Lipinski definition) is 1. The number of rotatable bonds is 3. The zero-order chi connectivity index (χ0) is 10.9. The van der Waals surface area contributed by atoms with Gasteiger partial charge in [-0.1, -0.05) is 18.6 Å². The van der Waals surface area contributed by atoms with Crippen molar-refractivity contribution in [1.82, 2.24) is 0 Å². The maximum absolute atomic E-state index is 11.3. The van der Waals surface area contributed by atoms with E-state index in [0.29, 0.717) is 12.8 Å². The first-order valence-electron chi connectivity index (χ1n) is 5.41. The minimum absolute atomic E-state index is 0.00738.